The Kier molecular flexibility index (Phi) is 4.22. The zero-order valence-corrected chi connectivity index (χ0v) is 12.3. The zero-order valence-electron chi connectivity index (χ0n) is 10.7. The quantitative estimate of drug-likeness (QED) is 0.779. The molecular formula is C13H15Cl2N3O2. The number of carbonyl (C=O) groups excluding carboxylic acids is 2. The fraction of sp³-hybridized carbons (Fsp3) is 0.385. The zero-order chi connectivity index (χ0) is 13.5. The van der Waals surface area contributed by atoms with Crippen LogP contribution in [0.2, 0.25) is 5.02 Å². The van der Waals surface area contributed by atoms with E-state index in [0.29, 0.717) is 23.6 Å². The van der Waals surface area contributed by atoms with Crippen molar-refractivity contribution in [3.8, 4) is 0 Å². The van der Waals surface area contributed by atoms with Crippen LogP contribution in [-0.2, 0) is 4.79 Å². The van der Waals surface area contributed by atoms with E-state index in [2.05, 4.69) is 10.6 Å². The summed E-state index contributed by atoms with van der Waals surface area (Å²) in [5, 5.41) is 6.25. The number of nitrogens with zero attached hydrogens (tertiary/aromatic N) is 1. The van der Waals surface area contributed by atoms with Crippen molar-refractivity contribution in [1.82, 2.24) is 10.6 Å². The van der Waals surface area contributed by atoms with Gasteiger partial charge in [-0.1, -0.05) is 11.6 Å². The highest BCUT2D eigenvalue weighted by Crippen LogP contribution is 2.35. The third-order valence-electron chi connectivity index (χ3n) is 3.79. The van der Waals surface area contributed by atoms with Gasteiger partial charge in [-0.3, -0.25) is 15.0 Å². The fourth-order valence-electron chi connectivity index (χ4n) is 2.81. The molecule has 1 aromatic carbocycles. The number of anilines is 1. The molecule has 108 valence electrons. The number of hydrogen-bond donors (Lipinski definition) is 2. The van der Waals surface area contributed by atoms with Crippen LogP contribution in [-0.4, -0.2) is 30.6 Å². The maximum Gasteiger partial charge on any atom is 0.329 e. The summed E-state index contributed by atoms with van der Waals surface area (Å²) in [6.07, 6.45) is 1.24. The molecule has 0 unspecified atom stereocenters. The first-order valence-electron chi connectivity index (χ1n) is 6.25. The highest BCUT2D eigenvalue weighted by atomic mass is 35.5. The van der Waals surface area contributed by atoms with Crippen LogP contribution in [0.4, 0.5) is 10.5 Å². The molecule has 0 saturated carbocycles. The number of amides is 3. The van der Waals surface area contributed by atoms with Crippen molar-refractivity contribution in [3.05, 3.63) is 29.3 Å². The normalized spacial score (nSPS) is 20.8. The number of piperidine rings is 1. The van der Waals surface area contributed by atoms with Crippen molar-refractivity contribution < 1.29 is 9.59 Å². The Morgan fingerprint density at radius 1 is 1.10 bits per heavy atom. The molecule has 0 radical (unpaired) electrons. The maximum absolute atomic E-state index is 12.2. The smallest absolute Gasteiger partial charge is 0.317 e. The summed E-state index contributed by atoms with van der Waals surface area (Å²) < 4.78 is 0. The number of imide groups is 1. The molecule has 1 spiro atoms. The van der Waals surface area contributed by atoms with Gasteiger partial charge in [-0.2, -0.15) is 0 Å². The minimum Gasteiger partial charge on any atom is -0.317 e. The molecule has 1 aromatic rings. The van der Waals surface area contributed by atoms with Gasteiger partial charge >= 0.3 is 6.03 Å². The van der Waals surface area contributed by atoms with E-state index in [1.54, 1.807) is 29.2 Å². The van der Waals surface area contributed by atoms with Gasteiger partial charge in [0.25, 0.3) is 5.91 Å². The minimum atomic E-state index is -0.754. The molecule has 0 aromatic heterocycles. The van der Waals surface area contributed by atoms with Gasteiger partial charge in [0, 0.05) is 10.7 Å². The number of halogens is 2. The lowest BCUT2D eigenvalue weighted by atomic mass is 9.86. The molecule has 0 bridgehead atoms. The van der Waals surface area contributed by atoms with Crippen LogP contribution in [0.3, 0.4) is 0 Å². The fourth-order valence-corrected chi connectivity index (χ4v) is 2.94. The molecule has 0 aliphatic carbocycles. The molecule has 0 atom stereocenters. The van der Waals surface area contributed by atoms with E-state index in [4.69, 9.17) is 11.6 Å². The van der Waals surface area contributed by atoms with Crippen LogP contribution in [0.25, 0.3) is 0 Å². The Morgan fingerprint density at radius 2 is 1.70 bits per heavy atom. The monoisotopic (exact) mass is 315 g/mol. The minimum absolute atomic E-state index is 0. The number of nitrogens with one attached hydrogen (secondary N) is 2. The van der Waals surface area contributed by atoms with E-state index in [1.165, 1.54) is 0 Å². The molecule has 2 saturated heterocycles. The van der Waals surface area contributed by atoms with E-state index in [9.17, 15) is 9.59 Å². The van der Waals surface area contributed by atoms with Crippen LogP contribution in [0, 0.1) is 0 Å². The number of carbonyl (C=O) groups is 2. The second kappa shape index (κ2) is 5.60. The predicted molar refractivity (Wildman–Crippen MR) is 79.6 cm³/mol. The van der Waals surface area contributed by atoms with E-state index >= 15 is 0 Å². The lowest BCUT2D eigenvalue weighted by Crippen LogP contribution is -2.56. The lowest BCUT2D eigenvalue weighted by molar-refractivity contribution is -0.124. The Labute approximate surface area is 128 Å². The largest absolute Gasteiger partial charge is 0.329 e. The molecule has 5 nitrogen and oxygen atoms in total. The molecule has 2 heterocycles. The van der Waals surface area contributed by atoms with Crippen LogP contribution in [0.5, 0.6) is 0 Å². The molecule has 20 heavy (non-hydrogen) atoms. The SMILES string of the molecule is Cl.O=C1NC(=O)C2(CCNCC2)N1c1ccc(Cl)cc1. The summed E-state index contributed by atoms with van der Waals surface area (Å²) in [6, 6.07) is 6.63. The van der Waals surface area contributed by atoms with Gasteiger partial charge in [-0.25, -0.2) is 4.79 Å². The van der Waals surface area contributed by atoms with Crippen LogP contribution in [0.1, 0.15) is 12.8 Å². The Balaban J connectivity index is 0.00000147. The van der Waals surface area contributed by atoms with E-state index in [-0.39, 0.29) is 24.3 Å². The summed E-state index contributed by atoms with van der Waals surface area (Å²) in [4.78, 5) is 25.8. The number of rotatable bonds is 1. The highest BCUT2D eigenvalue weighted by molar-refractivity contribution is 6.30. The lowest BCUT2D eigenvalue weighted by Gasteiger charge is -2.38. The molecule has 3 amide bonds. The molecule has 3 rings (SSSR count). The summed E-state index contributed by atoms with van der Waals surface area (Å²) in [5.74, 6) is -0.200. The van der Waals surface area contributed by atoms with Gasteiger partial charge < -0.3 is 5.32 Å². The van der Waals surface area contributed by atoms with Crippen LogP contribution < -0.4 is 15.5 Å². The van der Waals surface area contributed by atoms with Gasteiger partial charge in [-0.15, -0.1) is 12.4 Å². The van der Waals surface area contributed by atoms with Gasteiger partial charge in [0.1, 0.15) is 5.54 Å². The van der Waals surface area contributed by atoms with Crippen molar-refractivity contribution in [2.24, 2.45) is 0 Å². The van der Waals surface area contributed by atoms with Crippen LogP contribution in [0.15, 0.2) is 24.3 Å². The first-order valence-corrected chi connectivity index (χ1v) is 6.63. The third kappa shape index (κ3) is 2.26. The summed E-state index contributed by atoms with van der Waals surface area (Å²) in [7, 11) is 0. The highest BCUT2D eigenvalue weighted by Gasteiger charge is 2.53. The van der Waals surface area contributed by atoms with Gasteiger partial charge in [0.05, 0.1) is 0 Å². The molecule has 2 fully saturated rings. The first-order chi connectivity index (χ1) is 9.13. The van der Waals surface area contributed by atoms with Crippen molar-refractivity contribution >= 4 is 41.6 Å². The average Bonchev–Trinajstić information content (AvgIpc) is 2.64. The second-order valence-electron chi connectivity index (χ2n) is 4.85. The summed E-state index contributed by atoms with van der Waals surface area (Å²) in [5.41, 5.74) is -0.0504. The Morgan fingerprint density at radius 3 is 2.30 bits per heavy atom. The van der Waals surface area contributed by atoms with E-state index < -0.39 is 5.54 Å². The van der Waals surface area contributed by atoms with Gasteiger partial charge in [0.15, 0.2) is 0 Å². The van der Waals surface area contributed by atoms with Crippen molar-refractivity contribution in [3.63, 3.8) is 0 Å². The number of hydrogen-bond acceptors (Lipinski definition) is 3. The van der Waals surface area contributed by atoms with Crippen molar-refractivity contribution in [2.75, 3.05) is 18.0 Å². The first kappa shape index (κ1) is 15.1. The molecule has 7 heteroatoms. The average molecular weight is 316 g/mol. The summed E-state index contributed by atoms with van der Waals surface area (Å²) >= 11 is 5.86. The topological polar surface area (TPSA) is 61.4 Å². The van der Waals surface area contributed by atoms with Gasteiger partial charge in [-0.05, 0) is 50.2 Å². The van der Waals surface area contributed by atoms with Crippen LogP contribution >= 0.6 is 24.0 Å². The van der Waals surface area contributed by atoms with Crippen molar-refractivity contribution in [1.29, 1.82) is 0 Å². The standard InChI is InChI=1S/C13H14ClN3O2.ClH/c14-9-1-3-10(4-2-9)17-12(19)16-11(18)13(17)5-7-15-8-6-13;/h1-4,15H,5-8H2,(H,16,18,19);1H. The maximum atomic E-state index is 12.2. The Hall–Kier alpha value is -1.30. The third-order valence-corrected chi connectivity index (χ3v) is 4.04. The second-order valence-corrected chi connectivity index (χ2v) is 5.29. The van der Waals surface area contributed by atoms with Crippen molar-refractivity contribution in [2.45, 2.75) is 18.4 Å². The molecular weight excluding hydrogens is 301 g/mol. The molecule has 2 N–H and O–H groups in total. The van der Waals surface area contributed by atoms with Gasteiger partial charge in [0.2, 0.25) is 0 Å². The molecule has 2 aliphatic heterocycles. The Bertz CT molecular complexity index is 527. The summed E-state index contributed by atoms with van der Waals surface area (Å²) in [6.45, 7) is 1.45. The van der Waals surface area contributed by atoms with E-state index in [0.717, 1.165) is 13.1 Å². The molecule has 2 aliphatic rings. The number of benzene rings is 1. The predicted octanol–water partition coefficient (Wildman–Crippen LogP) is 1.94. The number of urea groups is 1. The van der Waals surface area contributed by atoms with E-state index in [1.807, 2.05) is 0 Å².